The zero-order valence-electron chi connectivity index (χ0n) is 13.7. The number of carbonyl (C=O) groups is 1. The average molecular weight is 370 g/mol. The lowest BCUT2D eigenvalue weighted by Gasteiger charge is -2.13. The number of aromatic nitrogens is 3. The first kappa shape index (κ1) is 17.8. The summed E-state index contributed by atoms with van der Waals surface area (Å²) in [5.74, 6) is -1.37. The summed E-state index contributed by atoms with van der Waals surface area (Å²) >= 11 is 0.937. The van der Waals surface area contributed by atoms with E-state index in [1.54, 1.807) is 6.92 Å². The summed E-state index contributed by atoms with van der Waals surface area (Å²) in [5.41, 5.74) is 3.24. The molecule has 0 spiro atoms. The van der Waals surface area contributed by atoms with Gasteiger partial charge in [-0.05, 0) is 49.4 Å². The van der Waals surface area contributed by atoms with Gasteiger partial charge in [0.1, 0.15) is 0 Å². The van der Waals surface area contributed by atoms with Crippen LogP contribution in [0.4, 0.5) is 18.9 Å². The average Bonchev–Trinajstić information content (AvgIpc) is 3.13. The van der Waals surface area contributed by atoms with Crippen LogP contribution in [0.5, 0.6) is 0 Å². The number of alkyl halides is 3. The Morgan fingerprint density at radius 1 is 1.28 bits per heavy atom. The van der Waals surface area contributed by atoms with Crippen LogP contribution in [0.3, 0.4) is 0 Å². The molecule has 0 radical (unpaired) electrons. The van der Waals surface area contributed by atoms with Crippen LogP contribution in [-0.2, 0) is 30.9 Å². The van der Waals surface area contributed by atoms with Gasteiger partial charge in [-0.2, -0.15) is 13.2 Å². The molecule has 1 amide bonds. The van der Waals surface area contributed by atoms with Crippen molar-refractivity contribution >= 4 is 23.4 Å². The molecule has 2 aromatic rings. The maximum Gasteiger partial charge on any atom is 0.451 e. The van der Waals surface area contributed by atoms with Crippen molar-refractivity contribution in [2.24, 2.45) is 7.05 Å². The molecule has 0 unspecified atom stereocenters. The fourth-order valence-electron chi connectivity index (χ4n) is 2.77. The molecule has 0 aliphatic heterocycles. The predicted molar refractivity (Wildman–Crippen MR) is 88.4 cm³/mol. The molecule has 0 bridgehead atoms. The molecule has 134 valence electrons. The van der Waals surface area contributed by atoms with E-state index in [0.717, 1.165) is 35.6 Å². The van der Waals surface area contributed by atoms with Gasteiger partial charge in [-0.25, -0.2) is 0 Å². The number of nitrogens with one attached hydrogen (secondary N) is 1. The Morgan fingerprint density at radius 2 is 2.00 bits per heavy atom. The highest BCUT2D eigenvalue weighted by atomic mass is 32.2. The monoisotopic (exact) mass is 370 g/mol. The molecular formula is C16H17F3N4OS. The van der Waals surface area contributed by atoms with Gasteiger partial charge in [0.2, 0.25) is 11.7 Å². The molecule has 0 saturated carbocycles. The number of amides is 1. The summed E-state index contributed by atoms with van der Waals surface area (Å²) in [5, 5.41) is 8.93. The molecule has 9 heteroatoms. The van der Waals surface area contributed by atoms with E-state index in [1.165, 1.54) is 18.2 Å². The molecule has 1 aromatic carbocycles. The summed E-state index contributed by atoms with van der Waals surface area (Å²) in [6, 6.07) is 5.82. The number of aryl methyl sites for hydroxylation is 2. The van der Waals surface area contributed by atoms with Crippen LogP contribution in [0.1, 0.15) is 30.3 Å². The van der Waals surface area contributed by atoms with Crippen LogP contribution in [0.2, 0.25) is 0 Å². The highest BCUT2D eigenvalue weighted by Gasteiger charge is 2.37. The van der Waals surface area contributed by atoms with Gasteiger partial charge in [0, 0.05) is 12.7 Å². The van der Waals surface area contributed by atoms with E-state index in [9.17, 15) is 18.0 Å². The number of benzene rings is 1. The number of halogens is 3. The molecular weight excluding hydrogens is 353 g/mol. The predicted octanol–water partition coefficient (Wildman–Crippen LogP) is 3.44. The molecule has 3 rings (SSSR count). The summed E-state index contributed by atoms with van der Waals surface area (Å²) in [6.45, 7) is 1.62. The molecule has 1 N–H and O–H groups in total. The third-order valence-corrected chi connectivity index (χ3v) is 5.24. The van der Waals surface area contributed by atoms with Gasteiger partial charge in [-0.15, -0.1) is 10.2 Å². The number of nitrogens with zero attached hydrogens (tertiary/aromatic N) is 3. The molecule has 1 heterocycles. The van der Waals surface area contributed by atoms with Crippen LogP contribution < -0.4 is 5.32 Å². The quantitative estimate of drug-likeness (QED) is 0.838. The molecule has 1 atom stereocenters. The second-order valence-electron chi connectivity index (χ2n) is 5.95. The van der Waals surface area contributed by atoms with E-state index < -0.39 is 17.3 Å². The van der Waals surface area contributed by atoms with Crippen molar-refractivity contribution < 1.29 is 18.0 Å². The highest BCUT2D eigenvalue weighted by Crippen LogP contribution is 2.31. The third kappa shape index (κ3) is 3.81. The zero-order chi connectivity index (χ0) is 18.2. The number of hydrogen-bond acceptors (Lipinski definition) is 4. The summed E-state index contributed by atoms with van der Waals surface area (Å²) in [7, 11) is 1.23. The molecule has 25 heavy (non-hydrogen) atoms. The first-order valence-electron chi connectivity index (χ1n) is 7.81. The lowest BCUT2D eigenvalue weighted by molar-refractivity contribution is -0.147. The van der Waals surface area contributed by atoms with Crippen molar-refractivity contribution in [2.75, 3.05) is 5.32 Å². The molecule has 0 saturated heterocycles. The normalized spacial score (nSPS) is 15.1. The maximum absolute atomic E-state index is 12.7. The van der Waals surface area contributed by atoms with E-state index in [0.29, 0.717) is 5.69 Å². The van der Waals surface area contributed by atoms with Gasteiger partial charge >= 0.3 is 6.18 Å². The summed E-state index contributed by atoms with van der Waals surface area (Å²) in [4.78, 5) is 12.3. The van der Waals surface area contributed by atoms with Gasteiger partial charge in [-0.1, -0.05) is 17.8 Å². The lowest BCUT2D eigenvalue weighted by Crippen LogP contribution is -2.23. The van der Waals surface area contributed by atoms with E-state index >= 15 is 0 Å². The topological polar surface area (TPSA) is 59.8 Å². The molecule has 0 fully saturated rings. The summed E-state index contributed by atoms with van der Waals surface area (Å²) in [6.07, 6.45) is -1.39. The first-order chi connectivity index (χ1) is 11.8. The third-order valence-electron chi connectivity index (χ3n) is 4.11. The fraction of sp³-hybridized carbons (Fsp3) is 0.438. The van der Waals surface area contributed by atoms with Gasteiger partial charge in [0.25, 0.3) is 0 Å². The van der Waals surface area contributed by atoms with Crippen molar-refractivity contribution in [1.29, 1.82) is 0 Å². The molecule has 5 nitrogen and oxygen atoms in total. The van der Waals surface area contributed by atoms with Crippen molar-refractivity contribution in [2.45, 2.75) is 42.8 Å². The Kier molecular flexibility index (Phi) is 4.77. The number of hydrogen-bond donors (Lipinski definition) is 1. The minimum atomic E-state index is -4.57. The van der Waals surface area contributed by atoms with E-state index in [1.807, 2.05) is 18.2 Å². The largest absolute Gasteiger partial charge is 0.451 e. The Morgan fingerprint density at radius 3 is 2.68 bits per heavy atom. The maximum atomic E-state index is 12.7. The zero-order valence-corrected chi connectivity index (χ0v) is 14.5. The summed E-state index contributed by atoms with van der Waals surface area (Å²) < 4.78 is 39.1. The molecule has 1 aromatic heterocycles. The van der Waals surface area contributed by atoms with Crippen LogP contribution in [0.15, 0.2) is 23.4 Å². The van der Waals surface area contributed by atoms with Crippen LogP contribution in [0, 0.1) is 0 Å². The van der Waals surface area contributed by atoms with Crippen LogP contribution in [0.25, 0.3) is 0 Å². The standard InChI is InChI=1S/C16H17F3N4OS/c1-9(25-15-22-21-14(23(15)2)16(17,18)19)13(24)20-12-7-6-10-4-3-5-11(10)8-12/h6-9H,3-5H2,1-2H3,(H,20,24)/t9-/m1/s1. The minimum absolute atomic E-state index is 0.0453. The van der Waals surface area contributed by atoms with E-state index in [-0.39, 0.29) is 11.1 Å². The first-order valence-corrected chi connectivity index (χ1v) is 8.69. The van der Waals surface area contributed by atoms with Crippen LogP contribution in [-0.4, -0.2) is 25.9 Å². The lowest BCUT2D eigenvalue weighted by atomic mass is 10.1. The van der Waals surface area contributed by atoms with Gasteiger partial charge in [0.15, 0.2) is 5.16 Å². The fourth-order valence-corrected chi connectivity index (χ4v) is 3.58. The van der Waals surface area contributed by atoms with Crippen LogP contribution >= 0.6 is 11.8 Å². The number of carbonyl (C=O) groups excluding carboxylic acids is 1. The van der Waals surface area contributed by atoms with Crippen molar-refractivity contribution in [1.82, 2.24) is 14.8 Å². The minimum Gasteiger partial charge on any atom is -0.325 e. The molecule has 1 aliphatic carbocycles. The smallest absolute Gasteiger partial charge is 0.325 e. The van der Waals surface area contributed by atoms with Crippen molar-refractivity contribution in [3.05, 3.63) is 35.2 Å². The highest BCUT2D eigenvalue weighted by molar-refractivity contribution is 8.00. The number of anilines is 1. The Labute approximate surface area is 147 Å². The number of fused-ring (bicyclic) bond motifs is 1. The SMILES string of the molecule is C[C@@H](Sc1nnc(C(F)(F)F)n1C)C(=O)Nc1ccc2c(c1)CCC2. The Balaban J connectivity index is 1.66. The van der Waals surface area contributed by atoms with Gasteiger partial charge in [-0.3, -0.25) is 4.79 Å². The van der Waals surface area contributed by atoms with Gasteiger partial charge < -0.3 is 9.88 Å². The van der Waals surface area contributed by atoms with Crippen molar-refractivity contribution in [3.8, 4) is 0 Å². The van der Waals surface area contributed by atoms with E-state index in [2.05, 4.69) is 15.5 Å². The van der Waals surface area contributed by atoms with E-state index in [4.69, 9.17) is 0 Å². The second kappa shape index (κ2) is 6.70. The molecule has 1 aliphatic rings. The Bertz CT molecular complexity index is 803. The van der Waals surface area contributed by atoms with Crippen molar-refractivity contribution in [3.63, 3.8) is 0 Å². The number of rotatable bonds is 4. The Hall–Kier alpha value is -2.03. The second-order valence-corrected chi connectivity index (χ2v) is 7.26. The number of thioether (sulfide) groups is 1. The van der Waals surface area contributed by atoms with Gasteiger partial charge in [0.05, 0.1) is 5.25 Å².